The number of esters is 1. The number of carbonyl (C=O) groups is 1. The molecule has 3 heterocycles. The molecule has 0 atom stereocenters. The second-order valence-corrected chi connectivity index (χ2v) is 5.33. The minimum Gasteiger partial charge on any atom is -0.491 e. The van der Waals surface area contributed by atoms with E-state index in [9.17, 15) is 4.79 Å². The van der Waals surface area contributed by atoms with Crippen LogP contribution < -0.4 is 4.74 Å². The van der Waals surface area contributed by atoms with E-state index in [1.165, 1.54) is 12.1 Å². The first kappa shape index (κ1) is 10.9. The molecule has 4 rings (SSSR count). The number of fused-ring (bicyclic) bond motifs is 5. The second kappa shape index (κ2) is 3.77. The van der Waals surface area contributed by atoms with E-state index in [4.69, 9.17) is 9.47 Å². The van der Waals surface area contributed by atoms with E-state index in [0.29, 0.717) is 17.9 Å². The molecule has 0 bridgehead atoms. The van der Waals surface area contributed by atoms with Crippen molar-refractivity contribution in [2.45, 2.75) is 16.6 Å². The molecule has 0 saturated heterocycles. The standard InChI is InChI=1S/C13H10N2O3S/c1-17-13(16)7-2-3-8-9(6-7)18-5-4-15-10(8)14-11-12(15)19-11/h2-3,6H,4-5H2,1H3. The van der Waals surface area contributed by atoms with Gasteiger partial charge in [-0.1, -0.05) is 0 Å². The van der Waals surface area contributed by atoms with Crippen LogP contribution in [0.3, 0.4) is 0 Å². The monoisotopic (exact) mass is 274 g/mol. The fourth-order valence-corrected chi connectivity index (χ4v) is 3.00. The van der Waals surface area contributed by atoms with Crippen LogP contribution in [0.1, 0.15) is 10.4 Å². The van der Waals surface area contributed by atoms with Gasteiger partial charge in [-0.2, -0.15) is 0 Å². The summed E-state index contributed by atoms with van der Waals surface area (Å²) in [6, 6.07) is 5.33. The lowest BCUT2D eigenvalue weighted by Crippen LogP contribution is -2.05. The van der Waals surface area contributed by atoms with Crippen molar-refractivity contribution in [3.05, 3.63) is 23.8 Å². The Morgan fingerprint density at radius 1 is 1.53 bits per heavy atom. The molecule has 0 fully saturated rings. The first-order valence-electron chi connectivity index (χ1n) is 5.92. The van der Waals surface area contributed by atoms with Gasteiger partial charge in [0.15, 0.2) is 0 Å². The predicted molar refractivity (Wildman–Crippen MR) is 68.6 cm³/mol. The van der Waals surface area contributed by atoms with E-state index in [2.05, 4.69) is 9.55 Å². The minimum atomic E-state index is -0.358. The number of hydrogen-bond acceptors (Lipinski definition) is 5. The molecule has 0 aliphatic carbocycles. The number of aromatic nitrogens is 2. The smallest absolute Gasteiger partial charge is 0.337 e. The summed E-state index contributed by atoms with van der Waals surface area (Å²) in [4.78, 5) is 16.1. The molecule has 19 heavy (non-hydrogen) atoms. The SMILES string of the molecule is COC(=O)c1ccc2c(c1)OCCn1c-2nc2c1S2. The van der Waals surface area contributed by atoms with Crippen molar-refractivity contribution in [1.82, 2.24) is 9.55 Å². The van der Waals surface area contributed by atoms with Crippen LogP contribution in [0.2, 0.25) is 0 Å². The van der Waals surface area contributed by atoms with Crippen LogP contribution in [0.25, 0.3) is 11.4 Å². The average molecular weight is 274 g/mol. The zero-order valence-electron chi connectivity index (χ0n) is 10.2. The summed E-state index contributed by atoms with van der Waals surface area (Å²) in [7, 11) is 1.37. The molecule has 2 aliphatic rings. The number of ether oxygens (including phenoxy) is 2. The molecule has 0 spiro atoms. The van der Waals surface area contributed by atoms with Gasteiger partial charge in [0, 0.05) is 0 Å². The molecular weight excluding hydrogens is 264 g/mol. The summed E-state index contributed by atoms with van der Waals surface area (Å²) >= 11 is 1.70. The van der Waals surface area contributed by atoms with Gasteiger partial charge in [-0.15, -0.1) is 0 Å². The van der Waals surface area contributed by atoms with Crippen molar-refractivity contribution < 1.29 is 14.3 Å². The van der Waals surface area contributed by atoms with E-state index < -0.39 is 0 Å². The van der Waals surface area contributed by atoms with E-state index >= 15 is 0 Å². The third kappa shape index (κ3) is 1.56. The van der Waals surface area contributed by atoms with E-state index in [1.807, 2.05) is 6.07 Å². The van der Waals surface area contributed by atoms with Crippen LogP contribution in [0.5, 0.6) is 5.75 Å². The molecule has 2 aromatic rings. The zero-order valence-corrected chi connectivity index (χ0v) is 11.0. The van der Waals surface area contributed by atoms with Gasteiger partial charge in [0.05, 0.1) is 24.8 Å². The third-order valence-corrected chi connectivity index (χ3v) is 4.14. The topological polar surface area (TPSA) is 53.4 Å². The minimum absolute atomic E-state index is 0.358. The summed E-state index contributed by atoms with van der Waals surface area (Å²) in [5.41, 5.74) is 1.42. The number of carbonyl (C=O) groups excluding carboxylic acids is 1. The van der Waals surface area contributed by atoms with Gasteiger partial charge < -0.3 is 14.0 Å². The lowest BCUT2D eigenvalue weighted by atomic mass is 10.1. The Labute approximate surface area is 113 Å². The number of benzene rings is 1. The van der Waals surface area contributed by atoms with Crippen LogP contribution >= 0.6 is 11.8 Å². The molecule has 0 radical (unpaired) electrons. The normalized spacial score (nSPS) is 14.6. The van der Waals surface area contributed by atoms with Crippen molar-refractivity contribution in [3.63, 3.8) is 0 Å². The lowest BCUT2D eigenvalue weighted by molar-refractivity contribution is 0.0600. The van der Waals surface area contributed by atoms with Crippen molar-refractivity contribution in [2.75, 3.05) is 13.7 Å². The van der Waals surface area contributed by atoms with Crippen molar-refractivity contribution >= 4 is 17.7 Å². The molecule has 0 N–H and O–H groups in total. The van der Waals surface area contributed by atoms with Crippen LogP contribution in [0.4, 0.5) is 0 Å². The molecule has 0 amide bonds. The molecule has 6 heteroatoms. The van der Waals surface area contributed by atoms with Crippen molar-refractivity contribution in [2.24, 2.45) is 0 Å². The Bertz CT molecular complexity index is 708. The second-order valence-electron chi connectivity index (χ2n) is 4.35. The first-order chi connectivity index (χ1) is 9.28. The number of imidazole rings is 1. The maximum atomic E-state index is 11.5. The Morgan fingerprint density at radius 3 is 3.26 bits per heavy atom. The molecule has 1 aromatic heterocycles. The Balaban J connectivity index is 1.85. The summed E-state index contributed by atoms with van der Waals surface area (Å²) < 4.78 is 12.6. The summed E-state index contributed by atoms with van der Waals surface area (Å²) in [5, 5.41) is 2.32. The maximum absolute atomic E-state index is 11.5. The molecule has 5 nitrogen and oxygen atoms in total. The van der Waals surface area contributed by atoms with Gasteiger partial charge in [-0.25, -0.2) is 9.78 Å². The van der Waals surface area contributed by atoms with E-state index in [1.54, 1.807) is 23.9 Å². The van der Waals surface area contributed by atoms with Gasteiger partial charge in [0.2, 0.25) is 0 Å². The van der Waals surface area contributed by atoms with Gasteiger partial charge in [-0.05, 0) is 30.0 Å². The number of rotatable bonds is 1. The predicted octanol–water partition coefficient (Wildman–Crippen LogP) is 2.19. The van der Waals surface area contributed by atoms with Crippen molar-refractivity contribution in [3.8, 4) is 17.1 Å². The summed E-state index contributed by atoms with van der Waals surface area (Å²) in [6.07, 6.45) is 0. The molecule has 1 aromatic carbocycles. The average Bonchev–Trinajstić information content (AvgIpc) is 3.16. The van der Waals surface area contributed by atoms with Crippen LogP contribution in [-0.2, 0) is 11.3 Å². The van der Waals surface area contributed by atoms with E-state index in [0.717, 1.165) is 23.0 Å². The summed E-state index contributed by atoms with van der Waals surface area (Å²) in [6.45, 7) is 1.36. The lowest BCUT2D eigenvalue weighted by Gasteiger charge is -2.08. The Morgan fingerprint density at radius 2 is 2.42 bits per heavy atom. The quantitative estimate of drug-likeness (QED) is 0.503. The third-order valence-electron chi connectivity index (χ3n) is 3.26. The highest BCUT2D eigenvalue weighted by Gasteiger charge is 2.32. The van der Waals surface area contributed by atoms with E-state index in [-0.39, 0.29) is 5.97 Å². The number of nitrogens with zero attached hydrogens (tertiary/aromatic N) is 2. The van der Waals surface area contributed by atoms with Gasteiger partial charge in [0.1, 0.15) is 28.2 Å². The largest absolute Gasteiger partial charge is 0.491 e. The van der Waals surface area contributed by atoms with Gasteiger partial charge in [0.25, 0.3) is 0 Å². The maximum Gasteiger partial charge on any atom is 0.337 e. The van der Waals surface area contributed by atoms with Crippen LogP contribution in [0.15, 0.2) is 28.3 Å². The van der Waals surface area contributed by atoms with Gasteiger partial charge in [-0.3, -0.25) is 0 Å². The molecule has 0 unspecified atom stereocenters. The van der Waals surface area contributed by atoms with Crippen LogP contribution in [-0.4, -0.2) is 29.2 Å². The summed E-state index contributed by atoms with van der Waals surface area (Å²) in [5.74, 6) is 1.26. The fourth-order valence-electron chi connectivity index (χ4n) is 2.29. The van der Waals surface area contributed by atoms with Crippen LogP contribution in [0, 0.1) is 0 Å². The highest BCUT2D eigenvalue weighted by molar-refractivity contribution is 8.04. The Hall–Kier alpha value is -1.95. The molecule has 2 aliphatic heterocycles. The Kier molecular flexibility index (Phi) is 2.17. The first-order valence-corrected chi connectivity index (χ1v) is 6.73. The van der Waals surface area contributed by atoms with Crippen molar-refractivity contribution in [1.29, 1.82) is 0 Å². The molecule has 96 valence electrons. The van der Waals surface area contributed by atoms with Gasteiger partial charge >= 0.3 is 5.97 Å². The molecule has 0 saturated carbocycles. The fraction of sp³-hybridized carbons (Fsp3) is 0.231. The number of methoxy groups -OCH3 is 1. The molecular formula is C13H10N2O3S. The highest BCUT2D eigenvalue weighted by Crippen LogP contribution is 2.51. The zero-order chi connectivity index (χ0) is 13.0. The number of hydrogen-bond donors (Lipinski definition) is 0. The highest BCUT2D eigenvalue weighted by atomic mass is 32.2.